The highest BCUT2D eigenvalue weighted by Crippen LogP contribution is 2.28. The second-order valence-electron chi connectivity index (χ2n) is 4.78. The molecule has 1 unspecified atom stereocenters. The maximum absolute atomic E-state index is 14.0. The molecule has 1 aromatic heterocycles. The molecule has 2 aromatic rings. The fourth-order valence-corrected chi connectivity index (χ4v) is 2.94. The molecule has 2 nitrogen and oxygen atoms in total. The predicted octanol–water partition coefficient (Wildman–Crippen LogP) is 4.92. The summed E-state index contributed by atoms with van der Waals surface area (Å²) in [5.74, 6) is -0.280. The van der Waals surface area contributed by atoms with E-state index in [0.717, 1.165) is 23.1 Å². The molecular formula is C16H17BrClFN2. The van der Waals surface area contributed by atoms with Crippen LogP contribution in [0.2, 0.25) is 5.02 Å². The van der Waals surface area contributed by atoms with E-state index in [-0.39, 0.29) is 11.9 Å². The van der Waals surface area contributed by atoms with E-state index in [9.17, 15) is 4.39 Å². The van der Waals surface area contributed by atoms with Gasteiger partial charge in [0.2, 0.25) is 0 Å². The van der Waals surface area contributed by atoms with Crippen LogP contribution in [0.3, 0.4) is 0 Å². The zero-order valence-corrected chi connectivity index (χ0v) is 14.1. The molecule has 0 amide bonds. The summed E-state index contributed by atoms with van der Waals surface area (Å²) < 4.78 is 14.9. The van der Waals surface area contributed by atoms with Crippen LogP contribution in [0.1, 0.15) is 30.6 Å². The molecule has 0 saturated carbocycles. The first-order chi connectivity index (χ1) is 10.1. The molecule has 0 aliphatic carbocycles. The van der Waals surface area contributed by atoms with E-state index < -0.39 is 0 Å². The molecule has 0 spiro atoms. The second kappa shape index (κ2) is 7.87. The molecule has 0 aliphatic heterocycles. The van der Waals surface area contributed by atoms with Crippen molar-refractivity contribution < 1.29 is 4.39 Å². The third kappa shape index (κ3) is 4.25. The average Bonchev–Trinajstić information content (AvgIpc) is 2.47. The van der Waals surface area contributed by atoms with E-state index in [1.807, 2.05) is 12.1 Å². The fraction of sp³-hybridized carbons (Fsp3) is 0.312. The van der Waals surface area contributed by atoms with Crippen LogP contribution in [-0.2, 0) is 6.42 Å². The molecule has 0 fully saturated rings. The van der Waals surface area contributed by atoms with Crippen LogP contribution >= 0.6 is 27.5 Å². The Labute approximate surface area is 137 Å². The lowest BCUT2D eigenvalue weighted by Crippen LogP contribution is -2.25. The van der Waals surface area contributed by atoms with Gasteiger partial charge in [-0.1, -0.05) is 24.6 Å². The molecule has 1 atom stereocenters. The van der Waals surface area contributed by atoms with Crippen LogP contribution in [0, 0.1) is 5.82 Å². The summed E-state index contributed by atoms with van der Waals surface area (Å²) in [6.45, 7) is 2.92. The number of hydrogen-bond donors (Lipinski definition) is 1. The normalized spacial score (nSPS) is 12.4. The highest BCUT2D eigenvalue weighted by molar-refractivity contribution is 9.10. The first-order valence-electron chi connectivity index (χ1n) is 6.90. The third-order valence-electron chi connectivity index (χ3n) is 3.23. The Kier molecular flexibility index (Phi) is 6.15. The van der Waals surface area contributed by atoms with Gasteiger partial charge in [-0.25, -0.2) is 4.39 Å². The van der Waals surface area contributed by atoms with Crippen LogP contribution in [0.4, 0.5) is 4.39 Å². The van der Waals surface area contributed by atoms with Crippen LogP contribution in [0.15, 0.2) is 41.0 Å². The van der Waals surface area contributed by atoms with Gasteiger partial charge in [0.25, 0.3) is 0 Å². The van der Waals surface area contributed by atoms with Gasteiger partial charge in [0.1, 0.15) is 5.82 Å². The van der Waals surface area contributed by atoms with Crippen LogP contribution in [0.25, 0.3) is 0 Å². The van der Waals surface area contributed by atoms with Crippen LogP contribution in [-0.4, -0.2) is 11.5 Å². The second-order valence-corrected chi connectivity index (χ2v) is 6.04. The van der Waals surface area contributed by atoms with E-state index in [1.54, 1.807) is 18.3 Å². The molecule has 0 bridgehead atoms. The van der Waals surface area contributed by atoms with Crippen LogP contribution in [0.5, 0.6) is 0 Å². The highest BCUT2D eigenvalue weighted by Gasteiger charge is 2.19. The lowest BCUT2D eigenvalue weighted by Gasteiger charge is -2.20. The maximum atomic E-state index is 14.0. The first kappa shape index (κ1) is 16.4. The highest BCUT2D eigenvalue weighted by atomic mass is 79.9. The van der Waals surface area contributed by atoms with E-state index in [2.05, 4.69) is 33.2 Å². The van der Waals surface area contributed by atoms with Gasteiger partial charge in [0.15, 0.2) is 0 Å². The Bertz CT molecular complexity index is 586. The minimum atomic E-state index is -0.280. The largest absolute Gasteiger partial charge is 0.308 e. The van der Waals surface area contributed by atoms with Crippen molar-refractivity contribution in [3.63, 3.8) is 0 Å². The monoisotopic (exact) mass is 370 g/mol. The number of benzene rings is 1. The third-order valence-corrected chi connectivity index (χ3v) is 4.25. The molecule has 0 saturated heterocycles. The summed E-state index contributed by atoms with van der Waals surface area (Å²) in [5, 5.41) is 3.86. The summed E-state index contributed by atoms with van der Waals surface area (Å²) in [5.41, 5.74) is 1.38. The lowest BCUT2D eigenvalue weighted by atomic mass is 10.0. The van der Waals surface area contributed by atoms with Crippen molar-refractivity contribution in [3.05, 3.63) is 63.1 Å². The number of halogens is 3. The zero-order valence-electron chi connectivity index (χ0n) is 11.7. The van der Waals surface area contributed by atoms with Gasteiger partial charge in [-0.15, -0.1) is 0 Å². The Morgan fingerprint density at radius 3 is 2.81 bits per heavy atom. The molecular weight excluding hydrogens is 355 g/mol. The summed E-state index contributed by atoms with van der Waals surface area (Å²) in [6.07, 6.45) is 3.19. The molecule has 1 heterocycles. The Hall–Kier alpha value is -0.970. The SMILES string of the molecule is CCCNC(Cc1c(F)cccc1Cl)c1ncccc1Br. The number of nitrogens with zero attached hydrogens (tertiary/aromatic N) is 1. The van der Waals surface area contributed by atoms with Gasteiger partial charge in [-0.2, -0.15) is 0 Å². The molecule has 0 aliphatic rings. The summed E-state index contributed by atoms with van der Waals surface area (Å²) in [4.78, 5) is 4.41. The topological polar surface area (TPSA) is 24.9 Å². The van der Waals surface area contributed by atoms with E-state index in [0.29, 0.717) is 17.0 Å². The molecule has 1 N–H and O–H groups in total. The summed E-state index contributed by atoms with van der Waals surface area (Å²) in [7, 11) is 0. The fourth-order valence-electron chi connectivity index (χ4n) is 2.17. The molecule has 112 valence electrons. The summed E-state index contributed by atoms with van der Waals surface area (Å²) in [6, 6.07) is 8.48. The molecule has 21 heavy (non-hydrogen) atoms. The van der Waals surface area contributed by atoms with Crippen LogP contribution < -0.4 is 5.32 Å². The molecule has 2 rings (SSSR count). The van der Waals surface area contributed by atoms with Crippen molar-refractivity contribution >= 4 is 27.5 Å². The minimum Gasteiger partial charge on any atom is -0.308 e. The Morgan fingerprint density at radius 2 is 2.14 bits per heavy atom. The van der Waals surface area contributed by atoms with Crippen molar-refractivity contribution in [2.75, 3.05) is 6.54 Å². The predicted molar refractivity (Wildman–Crippen MR) is 88.1 cm³/mol. The molecule has 0 radical (unpaired) electrons. The number of pyridine rings is 1. The van der Waals surface area contributed by atoms with Gasteiger partial charge in [0, 0.05) is 21.3 Å². The first-order valence-corrected chi connectivity index (χ1v) is 8.07. The zero-order chi connectivity index (χ0) is 15.2. The van der Waals surface area contributed by atoms with Crippen molar-refractivity contribution in [1.29, 1.82) is 0 Å². The van der Waals surface area contributed by atoms with Crippen molar-refractivity contribution in [2.24, 2.45) is 0 Å². The van der Waals surface area contributed by atoms with Gasteiger partial charge >= 0.3 is 0 Å². The maximum Gasteiger partial charge on any atom is 0.127 e. The van der Waals surface area contributed by atoms with Crippen molar-refractivity contribution in [1.82, 2.24) is 10.3 Å². The van der Waals surface area contributed by atoms with E-state index in [1.165, 1.54) is 6.07 Å². The Balaban J connectivity index is 2.31. The van der Waals surface area contributed by atoms with E-state index in [4.69, 9.17) is 11.6 Å². The van der Waals surface area contributed by atoms with Gasteiger partial charge in [-0.3, -0.25) is 4.98 Å². The number of hydrogen-bond acceptors (Lipinski definition) is 2. The number of nitrogens with one attached hydrogen (secondary N) is 1. The minimum absolute atomic E-state index is 0.0880. The average molecular weight is 372 g/mol. The standard InChI is InChI=1S/C16H17BrClFN2/c1-2-8-20-15(16-12(17)5-4-9-21-16)10-11-13(18)6-3-7-14(11)19/h3-7,9,15,20H,2,8,10H2,1H3. The quantitative estimate of drug-likeness (QED) is 0.779. The number of aromatic nitrogens is 1. The molecule has 1 aromatic carbocycles. The smallest absolute Gasteiger partial charge is 0.127 e. The van der Waals surface area contributed by atoms with Gasteiger partial charge in [-0.05, 0) is 59.6 Å². The van der Waals surface area contributed by atoms with Crippen molar-refractivity contribution in [2.45, 2.75) is 25.8 Å². The molecule has 5 heteroatoms. The number of rotatable bonds is 6. The van der Waals surface area contributed by atoms with E-state index >= 15 is 0 Å². The van der Waals surface area contributed by atoms with Gasteiger partial charge < -0.3 is 5.32 Å². The lowest BCUT2D eigenvalue weighted by molar-refractivity contribution is 0.502. The summed E-state index contributed by atoms with van der Waals surface area (Å²) >= 11 is 9.64. The Morgan fingerprint density at radius 1 is 1.33 bits per heavy atom. The van der Waals surface area contributed by atoms with Crippen molar-refractivity contribution in [3.8, 4) is 0 Å². The van der Waals surface area contributed by atoms with Gasteiger partial charge in [0.05, 0.1) is 11.7 Å².